The highest BCUT2D eigenvalue weighted by molar-refractivity contribution is 6.01. The second kappa shape index (κ2) is 4.52. The molecule has 0 atom stereocenters. The van der Waals surface area contributed by atoms with Crippen molar-refractivity contribution in [2.24, 2.45) is 0 Å². The number of carbonyl (C=O) groups excluding carboxylic acids is 2. The summed E-state index contributed by atoms with van der Waals surface area (Å²) in [5.74, 6) is -0.156. The summed E-state index contributed by atoms with van der Waals surface area (Å²) in [4.78, 5) is 22.0. The summed E-state index contributed by atoms with van der Waals surface area (Å²) in [5, 5.41) is 8.85. The molecule has 3 heteroatoms. The van der Waals surface area contributed by atoms with E-state index in [-0.39, 0.29) is 11.3 Å². The summed E-state index contributed by atoms with van der Waals surface area (Å²) in [5.41, 5.74) is 1.94. The zero-order valence-electron chi connectivity index (χ0n) is 8.70. The fraction of sp³-hybridized carbons (Fsp3) is 0.250. The van der Waals surface area contributed by atoms with E-state index in [1.54, 1.807) is 6.07 Å². The molecule has 0 aliphatic rings. The fourth-order valence-electron chi connectivity index (χ4n) is 1.46. The summed E-state index contributed by atoms with van der Waals surface area (Å²) < 4.78 is 0. The molecule has 3 nitrogen and oxygen atoms in total. The number of rotatable bonds is 3. The standard InChI is InChI=1S/C12H11NO2/c1-3-9-5-12(8(2)15)11(7-14)4-10(9)6-13/h4-5,7H,3H2,1-2H3. The number of ketones is 1. The van der Waals surface area contributed by atoms with Crippen LogP contribution in [0, 0.1) is 11.3 Å². The van der Waals surface area contributed by atoms with Crippen LogP contribution in [0.1, 0.15) is 45.7 Å². The molecule has 1 aromatic rings. The van der Waals surface area contributed by atoms with Gasteiger partial charge in [-0.2, -0.15) is 5.26 Å². The van der Waals surface area contributed by atoms with E-state index in [1.165, 1.54) is 13.0 Å². The summed E-state index contributed by atoms with van der Waals surface area (Å²) in [6, 6.07) is 5.12. The van der Waals surface area contributed by atoms with Gasteiger partial charge in [0.2, 0.25) is 0 Å². The average molecular weight is 201 g/mol. The Morgan fingerprint density at radius 1 is 1.53 bits per heavy atom. The van der Waals surface area contributed by atoms with Gasteiger partial charge in [0.1, 0.15) is 0 Å². The molecule has 0 aliphatic carbocycles. The molecule has 0 saturated carbocycles. The molecule has 1 aromatic carbocycles. The van der Waals surface area contributed by atoms with Crippen LogP contribution in [0.3, 0.4) is 0 Å². The molecule has 0 aromatic heterocycles. The van der Waals surface area contributed by atoms with Crippen LogP contribution >= 0.6 is 0 Å². The highest BCUT2D eigenvalue weighted by Crippen LogP contribution is 2.16. The zero-order valence-corrected chi connectivity index (χ0v) is 8.70. The van der Waals surface area contributed by atoms with Crippen LogP contribution in [0.15, 0.2) is 12.1 Å². The fourth-order valence-corrected chi connectivity index (χ4v) is 1.46. The van der Waals surface area contributed by atoms with Gasteiger partial charge in [-0.3, -0.25) is 9.59 Å². The van der Waals surface area contributed by atoms with Gasteiger partial charge in [-0.15, -0.1) is 0 Å². The molecule has 76 valence electrons. The quantitative estimate of drug-likeness (QED) is 0.556. The van der Waals surface area contributed by atoms with Gasteiger partial charge >= 0.3 is 0 Å². The molecular weight excluding hydrogens is 190 g/mol. The normalized spacial score (nSPS) is 9.40. The van der Waals surface area contributed by atoms with Gasteiger partial charge in [-0.1, -0.05) is 6.92 Å². The lowest BCUT2D eigenvalue weighted by atomic mass is 9.96. The monoisotopic (exact) mass is 201 g/mol. The smallest absolute Gasteiger partial charge is 0.160 e. The number of nitriles is 1. The Kier molecular flexibility index (Phi) is 3.35. The van der Waals surface area contributed by atoms with Crippen molar-refractivity contribution in [3.05, 3.63) is 34.4 Å². The van der Waals surface area contributed by atoms with Crippen molar-refractivity contribution in [2.75, 3.05) is 0 Å². The Hall–Kier alpha value is -1.95. The highest BCUT2D eigenvalue weighted by atomic mass is 16.1. The molecule has 0 saturated heterocycles. The zero-order chi connectivity index (χ0) is 11.4. The minimum atomic E-state index is -0.156. The van der Waals surface area contributed by atoms with Crippen LogP contribution < -0.4 is 0 Å². The lowest BCUT2D eigenvalue weighted by molar-refractivity contribution is 0.100. The van der Waals surface area contributed by atoms with E-state index in [0.717, 1.165) is 5.56 Å². The first-order valence-corrected chi connectivity index (χ1v) is 4.67. The van der Waals surface area contributed by atoms with Crippen molar-refractivity contribution in [2.45, 2.75) is 20.3 Å². The number of hydrogen-bond acceptors (Lipinski definition) is 3. The number of aryl methyl sites for hydroxylation is 1. The summed E-state index contributed by atoms with van der Waals surface area (Å²) in [6.45, 7) is 3.31. The van der Waals surface area contributed by atoms with Gasteiger partial charge in [-0.05, 0) is 31.0 Å². The molecule has 0 heterocycles. The SMILES string of the molecule is CCc1cc(C(C)=O)c(C=O)cc1C#N. The average Bonchev–Trinajstić information content (AvgIpc) is 2.26. The molecule has 0 spiro atoms. The number of benzene rings is 1. The Bertz CT molecular complexity index is 455. The Labute approximate surface area is 88.3 Å². The molecule has 0 N–H and O–H groups in total. The van der Waals surface area contributed by atoms with Gasteiger partial charge in [0.05, 0.1) is 11.6 Å². The predicted octanol–water partition coefficient (Wildman–Crippen LogP) is 2.14. The van der Waals surface area contributed by atoms with E-state index < -0.39 is 0 Å². The van der Waals surface area contributed by atoms with Crippen LogP contribution in [-0.2, 0) is 6.42 Å². The maximum absolute atomic E-state index is 11.3. The van der Waals surface area contributed by atoms with Crippen LogP contribution in [0.4, 0.5) is 0 Å². The maximum Gasteiger partial charge on any atom is 0.160 e. The van der Waals surface area contributed by atoms with Crippen molar-refractivity contribution in [1.82, 2.24) is 0 Å². The van der Waals surface area contributed by atoms with Gasteiger partial charge < -0.3 is 0 Å². The lowest BCUT2D eigenvalue weighted by Crippen LogP contribution is -2.02. The van der Waals surface area contributed by atoms with Gasteiger partial charge in [0, 0.05) is 11.1 Å². The van der Waals surface area contributed by atoms with Crippen LogP contribution in [-0.4, -0.2) is 12.1 Å². The third-order valence-electron chi connectivity index (χ3n) is 2.28. The first-order valence-electron chi connectivity index (χ1n) is 4.67. The van der Waals surface area contributed by atoms with Gasteiger partial charge in [0.25, 0.3) is 0 Å². The Morgan fingerprint density at radius 2 is 2.20 bits per heavy atom. The van der Waals surface area contributed by atoms with E-state index in [4.69, 9.17) is 5.26 Å². The molecule has 1 rings (SSSR count). The van der Waals surface area contributed by atoms with Gasteiger partial charge in [0.15, 0.2) is 12.1 Å². The molecule has 0 bridgehead atoms. The highest BCUT2D eigenvalue weighted by Gasteiger charge is 2.11. The van der Waals surface area contributed by atoms with Crippen LogP contribution in [0.25, 0.3) is 0 Å². The molecule has 0 amide bonds. The largest absolute Gasteiger partial charge is 0.298 e. The van der Waals surface area contributed by atoms with E-state index in [9.17, 15) is 9.59 Å². The first kappa shape index (κ1) is 11.1. The Morgan fingerprint density at radius 3 is 2.60 bits per heavy atom. The molecule has 0 fully saturated rings. The van der Waals surface area contributed by atoms with E-state index in [0.29, 0.717) is 23.8 Å². The maximum atomic E-state index is 11.3. The number of aldehydes is 1. The molecule has 0 radical (unpaired) electrons. The van der Waals surface area contributed by atoms with Crippen molar-refractivity contribution < 1.29 is 9.59 Å². The second-order valence-corrected chi connectivity index (χ2v) is 3.24. The number of Topliss-reactive ketones (excluding diaryl/α,β-unsaturated/α-hetero) is 1. The third kappa shape index (κ3) is 2.10. The first-order chi connectivity index (χ1) is 7.13. The molecule has 15 heavy (non-hydrogen) atoms. The summed E-state index contributed by atoms with van der Waals surface area (Å²) in [6.07, 6.45) is 1.28. The van der Waals surface area contributed by atoms with Crippen molar-refractivity contribution in [1.29, 1.82) is 5.26 Å². The van der Waals surface area contributed by atoms with Crippen LogP contribution in [0.2, 0.25) is 0 Å². The molecule has 0 unspecified atom stereocenters. The topological polar surface area (TPSA) is 57.9 Å². The second-order valence-electron chi connectivity index (χ2n) is 3.24. The lowest BCUT2D eigenvalue weighted by Gasteiger charge is -2.06. The summed E-state index contributed by atoms with van der Waals surface area (Å²) in [7, 11) is 0. The molecular formula is C12H11NO2. The van der Waals surface area contributed by atoms with Crippen molar-refractivity contribution in [3.8, 4) is 6.07 Å². The minimum Gasteiger partial charge on any atom is -0.298 e. The summed E-state index contributed by atoms with van der Waals surface area (Å²) >= 11 is 0. The number of hydrogen-bond donors (Lipinski definition) is 0. The minimum absolute atomic E-state index is 0.156. The van der Waals surface area contributed by atoms with Gasteiger partial charge in [-0.25, -0.2) is 0 Å². The van der Waals surface area contributed by atoms with E-state index in [1.807, 2.05) is 13.0 Å². The van der Waals surface area contributed by atoms with Crippen molar-refractivity contribution >= 4 is 12.1 Å². The number of carbonyl (C=O) groups is 2. The Balaban J connectivity index is 3.49. The van der Waals surface area contributed by atoms with Crippen LogP contribution in [0.5, 0.6) is 0 Å². The van der Waals surface area contributed by atoms with E-state index in [2.05, 4.69) is 0 Å². The van der Waals surface area contributed by atoms with E-state index >= 15 is 0 Å². The van der Waals surface area contributed by atoms with Crippen molar-refractivity contribution in [3.63, 3.8) is 0 Å². The third-order valence-corrected chi connectivity index (χ3v) is 2.28. The molecule has 0 aliphatic heterocycles. The number of nitrogens with zero attached hydrogens (tertiary/aromatic N) is 1. The predicted molar refractivity (Wildman–Crippen MR) is 55.9 cm³/mol.